The zero-order chi connectivity index (χ0) is 12.4. The van der Waals surface area contributed by atoms with Gasteiger partial charge >= 0.3 is 0 Å². The number of hydrogen-bond acceptors (Lipinski definition) is 2. The van der Waals surface area contributed by atoms with Gasteiger partial charge in [-0.3, -0.25) is 9.48 Å². The molecule has 0 amide bonds. The molecule has 2 rings (SSSR count). The highest BCUT2D eigenvalue weighted by molar-refractivity contribution is 6.32. The molecule has 0 fully saturated rings. The van der Waals surface area contributed by atoms with E-state index in [1.807, 2.05) is 24.3 Å². The number of carbonyl (C=O) groups is 1. The highest BCUT2D eigenvalue weighted by atomic mass is 35.5. The van der Waals surface area contributed by atoms with Crippen molar-refractivity contribution in [3.8, 4) is 11.3 Å². The summed E-state index contributed by atoms with van der Waals surface area (Å²) in [5, 5.41) is 4.63. The van der Waals surface area contributed by atoms with Gasteiger partial charge in [-0.05, 0) is 12.0 Å². The Kier molecular flexibility index (Phi) is 3.29. The van der Waals surface area contributed by atoms with Gasteiger partial charge in [0.25, 0.3) is 0 Å². The van der Waals surface area contributed by atoms with Crippen molar-refractivity contribution in [2.24, 2.45) is 7.05 Å². The first-order valence-electron chi connectivity index (χ1n) is 5.44. The van der Waals surface area contributed by atoms with E-state index in [1.54, 1.807) is 7.05 Å². The van der Waals surface area contributed by atoms with Crippen LogP contribution in [0, 0.1) is 0 Å². The third kappa shape index (κ3) is 2.11. The van der Waals surface area contributed by atoms with E-state index in [-0.39, 0.29) is 0 Å². The second-order valence-electron chi connectivity index (χ2n) is 3.85. The fourth-order valence-electron chi connectivity index (χ4n) is 1.74. The number of aryl methyl sites for hydroxylation is 2. The van der Waals surface area contributed by atoms with Crippen molar-refractivity contribution in [3.63, 3.8) is 0 Å². The van der Waals surface area contributed by atoms with Gasteiger partial charge in [0, 0.05) is 12.6 Å². The van der Waals surface area contributed by atoms with Crippen LogP contribution in [0.5, 0.6) is 0 Å². The number of hydrogen-bond donors (Lipinski definition) is 0. The number of halogens is 1. The first-order chi connectivity index (χ1) is 8.17. The first-order valence-corrected chi connectivity index (χ1v) is 5.82. The summed E-state index contributed by atoms with van der Waals surface area (Å²) in [6, 6.07) is 7.99. The summed E-state index contributed by atoms with van der Waals surface area (Å²) >= 11 is 5.99. The van der Waals surface area contributed by atoms with Crippen molar-refractivity contribution in [1.82, 2.24) is 9.78 Å². The smallest absolute Gasteiger partial charge is 0.155 e. The topological polar surface area (TPSA) is 34.9 Å². The molecule has 0 aliphatic carbocycles. The van der Waals surface area contributed by atoms with Crippen LogP contribution in [0.4, 0.5) is 0 Å². The molecule has 17 heavy (non-hydrogen) atoms. The monoisotopic (exact) mass is 248 g/mol. The lowest BCUT2D eigenvalue weighted by atomic mass is 10.1. The quantitative estimate of drug-likeness (QED) is 0.783. The van der Waals surface area contributed by atoms with E-state index >= 15 is 0 Å². The van der Waals surface area contributed by atoms with E-state index in [0.717, 1.165) is 18.3 Å². The second kappa shape index (κ2) is 4.72. The number of benzene rings is 1. The number of aromatic nitrogens is 2. The molecule has 0 bridgehead atoms. The molecule has 0 radical (unpaired) electrons. The van der Waals surface area contributed by atoms with Gasteiger partial charge in [0.1, 0.15) is 10.8 Å². The lowest BCUT2D eigenvalue weighted by Crippen LogP contribution is -1.89. The molecule has 1 aromatic heterocycles. The van der Waals surface area contributed by atoms with Crippen molar-refractivity contribution in [2.75, 3.05) is 0 Å². The van der Waals surface area contributed by atoms with Gasteiger partial charge in [-0.25, -0.2) is 0 Å². The van der Waals surface area contributed by atoms with Gasteiger partial charge in [-0.15, -0.1) is 0 Å². The van der Waals surface area contributed by atoms with Crippen LogP contribution >= 0.6 is 11.6 Å². The van der Waals surface area contributed by atoms with Crippen LogP contribution in [0.15, 0.2) is 24.3 Å². The fraction of sp³-hybridized carbons (Fsp3) is 0.231. The fourth-order valence-corrected chi connectivity index (χ4v) is 1.91. The second-order valence-corrected chi connectivity index (χ2v) is 4.20. The van der Waals surface area contributed by atoms with Gasteiger partial charge in [0.2, 0.25) is 0 Å². The molecule has 1 heterocycles. The zero-order valence-corrected chi connectivity index (χ0v) is 10.5. The minimum atomic E-state index is 0.370. The number of nitrogens with zero attached hydrogens (tertiary/aromatic N) is 2. The summed E-state index contributed by atoms with van der Waals surface area (Å²) in [5.74, 6) is 0. The summed E-state index contributed by atoms with van der Waals surface area (Å²) in [6.45, 7) is 2.10. The van der Waals surface area contributed by atoms with Gasteiger partial charge in [-0.2, -0.15) is 5.10 Å². The summed E-state index contributed by atoms with van der Waals surface area (Å²) in [5.41, 5.74) is 3.24. The summed E-state index contributed by atoms with van der Waals surface area (Å²) < 4.78 is 1.51. The Morgan fingerprint density at radius 3 is 2.53 bits per heavy atom. The number of rotatable bonds is 3. The molecule has 1 aromatic carbocycles. The molecule has 0 saturated carbocycles. The molecule has 88 valence electrons. The molecular formula is C13H13ClN2O. The molecule has 4 heteroatoms. The van der Waals surface area contributed by atoms with E-state index in [2.05, 4.69) is 12.0 Å². The van der Waals surface area contributed by atoms with Crippen LogP contribution in [-0.4, -0.2) is 16.1 Å². The molecule has 0 saturated heterocycles. The first kappa shape index (κ1) is 11.9. The Bertz CT molecular complexity index is 543. The van der Waals surface area contributed by atoms with E-state index in [0.29, 0.717) is 16.4 Å². The van der Waals surface area contributed by atoms with Gasteiger partial charge in [0.05, 0.1) is 5.56 Å². The molecule has 0 unspecified atom stereocenters. The van der Waals surface area contributed by atoms with E-state index < -0.39 is 0 Å². The Morgan fingerprint density at radius 1 is 1.35 bits per heavy atom. The maximum Gasteiger partial charge on any atom is 0.155 e. The average Bonchev–Trinajstić information content (AvgIpc) is 2.65. The Labute approximate surface area is 105 Å². The summed E-state index contributed by atoms with van der Waals surface area (Å²) in [6.07, 6.45) is 1.74. The van der Waals surface area contributed by atoms with Gasteiger partial charge < -0.3 is 0 Å². The maximum atomic E-state index is 11.0. The molecule has 2 aromatic rings. The predicted octanol–water partition coefficient (Wildman–Crippen LogP) is 3.12. The molecule has 0 aliphatic heterocycles. The van der Waals surface area contributed by atoms with Crippen LogP contribution in [0.2, 0.25) is 5.15 Å². The van der Waals surface area contributed by atoms with Crippen LogP contribution < -0.4 is 0 Å². The normalized spacial score (nSPS) is 10.5. The van der Waals surface area contributed by atoms with Crippen LogP contribution in [0.1, 0.15) is 22.8 Å². The molecule has 0 aliphatic rings. The molecule has 0 spiro atoms. The molecule has 0 atom stereocenters. The van der Waals surface area contributed by atoms with Crippen LogP contribution in [0.3, 0.4) is 0 Å². The van der Waals surface area contributed by atoms with Crippen molar-refractivity contribution >= 4 is 17.9 Å². The largest absolute Gasteiger partial charge is 0.298 e. The predicted molar refractivity (Wildman–Crippen MR) is 68.4 cm³/mol. The average molecular weight is 249 g/mol. The Hall–Kier alpha value is -1.61. The Balaban J connectivity index is 2.52. The van der Waals surface area contributed by atoms with Crippen LogP contribution in [-0.2, 0) is 13.5 Å². The number of carbonyl (C=O) groups excluding carboxylic acids is 1. The number of aldehydes is 1. The lowest BCUT2D eigenvalue weighted by molar-refractivity contribution is 0.112. The summed E-state index contributed by atoms with van der Waals surface area (Å²) in [4.78, 5) is 11.0. The third-order valence-corrected chi connectivity index (χ3v) is 3.21. The Morgan fingerprint density at radius 2 is 2.00 bits per heavy atom. The SMILES string of the molecule is CCc1ccc(-c2nn(C)c(Cl)c2C=O)cc1. The van der Waals surface area contributed by atoms with Gasteiger partial charge in [-0.1, -0.05) is 42.8 Å². The van der Waals surface area contributed by atoms with Crippen molar-refractivity contribution in [3.05, 3.63) is 40.5 Å². The maximum absolute atomic E-state index is 11.0. The molecular weight excluding hydrogens is 236 g/mol. The van der Waals surface area contributed by atoms with E-state index in [4.69, 9.17) is 11.6 Å². The van der Waals surface area contributed by atoms with Crippen molar-refractivity contribution < 1.29 is 4.79 Å². The van der Waals surface area contributed by atoms with E-state index in [9.17, 15) is 4.79 Å². The highest BCUT2D eigenvalue weighted by Gasteiger charge is 2.15. The third-order valence-electron chi connectivity index (χ3n) is 2.76. The molecule has 0 N–H and O–H groups in total. The molecule has 3 nitrogen and oxygen atoms in total. The minimum Gasteiger partial charge on any atom is -0.298 e. The van der Waals surface area contributed by atoms with E-state index in [1.165, 1.54) is 10.2 Å². The van der Waals surface area contributed by atoms with Gasteiger partial charge in [0.15, 0.2) is 6.29 Å². The standard InChI is InChI=1S/C13H13ClN2O/c1-3-9-4-6-10(7-5-9)12-11(8-17)13(14)16(2)15-12/h4-8H,3H2,1-2H3. The van der Waals surface area contributed by atoms with Crippen molar-refractivity contribution in [2.45, 2.75) is 13.3 Å². The minimum absolute atomic E-state index is 0.370. The van der Waals surface area contributed by atoms with Crippen molar-refractivity contribution in [1.29, 1.82) is 0 Å². The highest BCUT2D eigenvalue weighted by Crippen LogP contribution is 2.26. The zero-order valence-electron chi connectivity index (χ0n) is 9.77. The van der Waals surface area contributed by atoms with Crippen LogP contribution in [0.25, 0.3) is 11.3 Å². The lowest BCUT2D eigenvalue weighted by Gasteiger charge is -2.00. The summed E-state index contributed by atoms with van der Waals surface area (Å²) in [7, 11) is 1.72.